The van der Waals surface area contributed by atoms with E-state index in [2.05, 4.69) is 0 Å². The molecule has 1 aromatic carbocycles. The Balaban J connectivity index is 3.10. The zero-order valence-corrected chi connectivity index (χ0v) is 7.77. The Morgan fingerprint density at radius 2 is 2.08 bits per heavy atom. The van der Waals surface area contributed by atoms with Crippen LogP contribution in [0.3, 0.4) is 0 Å². The molecule has 0 heterocycles. The minimum atomic E-state index is -0.817. The van der Waals surface area contributed by atoms with Crippen LogP contribution in [0.1, 0.15) is 5.56 Å². The zero-order chi connectivity index (χ0) is 10.0. The van der Waals surface area contributed by atoms with E-state index in [4.69, 9.17) is 23.2 Å². The van der Waals surface area contributed by atoms with E-state index in [-0.39, 0.29) is 15.6 Å². The molecule has 1 rings (SSSR count). The van der Waals surface area contributed by atoms with Crippen LogP contribution in [0.15, 0.2) is 12.1 Å². The van der Waals surface area contributed by atoms with Gasteiger partial charge < -0.3 is 0 Å². The number of hydrogen-bond acceptors (Lipinski definition) is 2. The van der Waals surface area contributed by atoms with Crippen molar-refractivity contribution >= 4 is 23.2 Å². The molecule has 0 atom stereocenters. The van der Waals surface area contributed by atoms with Crippen molar-refractivity contribution in [3.63, 3.8) is 0 Å². The molecule has 13 heavy (non-hydrogen) atoms. The third-order valence-corrected chi connectivity index (χ3v) is 2.12. The number of benzene rings is 1. The van der Waals surface area contributed by atoms with Crippen LogP contribution in [0.5, 0.6) is 0 Å². The van der Waals surface area contributed by atoms with Crippen LogP contribution in [0.25, 0.3) is 0 Å². The van der Waals surface area contributed by atoms with Crippen molar-refractivity contribution in [1.82, 2.24) is 0 Å². The van der Waals surface area contributed by atoms with Crippen LogP contribution in [0.2, 0.25) is 10.0 Å². The number of nitro groups is 1. The van der Waals surface area contributed by atoms with Crippen molar-refractivity contribution in [3.05, 3.63) is 43.7 Å². The van der Waals surface area contributed by atoms with Crippen LogP contribution < -0.4 is 0 Å². The fourth-order valence-corrected chi connectivity index (χ4v) is 1.26. The monoisotopic (exact) mass is 223 g/mol. The smallest absolute Gasteiger partial charge is 0.230 e. The van der Waals surface area contributed by atoms with E-state index in [1.807, 2.05) is 0 Å². The Morgan fingerprint density at radius 3 is 2.62 bits per heavy atom. The SMILES string of the molecule is O=[N+]([O-])Cc1ccc(Cl)c(F)c1Cl. The summed E-state index contributed by atoms with van der Waals surface area (Å²) in [7, 11) is 0. The highest BCUT2D eigenvalue weighted by Crippen LogP contribution is 2.26. The maximum Gasteiger partial charge on any atom is 0.230 e. The minimum Gasteiger partial charge on any atom is -0.264 e. The van der Waals surface area contributed by atoms with E-state index < -0.39 is 17.3 Å². The van der Waals surface area contributed by atoms with Crippen molar-refractivity contribution < 1.29 is 9.31 Å². The lowest BCUT2D eigenvalue weighted by Crippen LogP contribution is -2.00. The predicted octanol–water partition coefficient (Wildman–Crippen LogP) is 2.91. The molecule has 0 spiro atoms. The second-order valence-corrected chi connectivity index (χ2v) is 3.11. The van der Waals surface area contributed by atoms with Gasteiger partial charge in [0.05, 0.1) is 10.0 Å². The van der Waals surface area contributed by atoms with E-state index in [9.17, 15) is 14.5 Å². The molecule has 0 radical (unpaired) electrons. The Morgan fingerprint density at radius 1 is 1.46 bits per heavy atom. The largest absolute Gasteiger partial charge is 0.264 e. The third kappa shape index (κ3) is 2.29. The lowest BCUT2D eigenvalue weighted by molar-refractivity contribution is -0.496. The molecule has 0 fully saturated rings. The summed E-state index contributed by atoms with van der Waals surface area (Å²) in [5.41, 5.74) is 0.119. The molecule has 0 saturated heterocycles. The molecule has 0 aromatic heterocycles. The number of rotatable bonds is 2. The van der Waals surface area contributed by atoms with Gasteiger partial charge in [0, 0.05) is 10.5 Å². The van der Waals surface area contributed by atoms with Crippen molar-refractivity contribution in [2.75, 3.05) is 0 Å². The predicted molar refractivity (Wildman–Crippen MR) is 47.1 cm³/mol. The first-order valence-corrected chi connectivity index (χ1v) is 4.02. The van der Waals surface area contributed by atoms with Gasteiger partial charge in [-0.3, -0.25) is 10.1 Å². The Kier molecular flexibility index (Phi) is 3.06. The second kappa shape index (κ2) is 3.89. The molecule has 0 aliphatic rings. The van der Waals surface area contributed by atoms with E-state index in [1.165, 1.54) is 12.1 Å². The number of halogens is 3. The molecule has 1 aromatic rings. The quantitative estimate of drug-likeness (QED) is 0.440. The molecular weight excluding hydrogens is 220 g/mol. The summed E-state index contributed by atoms with van der Waals surface area (Å²) in [5, 5.41) is 9.68. The molecule has 0 bridgehead atoms. The summed E-state index contributed by atoms with van der Waals surface area (Å²) < 4.78 is 13.0. The van der Waals surface area contributed by atoms with E-state index in [0.29, 0.717) is 0 Å². The highest BCUT2D eigenvalue weighted by atomic mass is 35.5. The topological polar surface area (TPSA) is 43.1 Å². The maximum atomic E-state index is 13.0. The Bertz CT molecular complexity index is 357. The van der Waals surface area contributed by atoms with Gasteiger partial charge in [-0.2, -0.15) is 0 Å². The average molecular weight is 224 g/mol. The molecule has 0 amide bonds. The van der Waals surface area contributed by atoms with Crippen molar-refractivity contribution in [2.24, 2.45) is 0 Å². The van der Waals surface area contributed by atoms with Gasteiger partial charge in [-0.25, -0.2) is 4.39 Å². The van der Waals surface area contributed by atoms with Crippen LogP contribution in [-0.2, 0) is 6.54 Å². The van der Waals surface area contributed by atoms with Gasteiger partial charge >= 0.3 is 0 Å². The lowest BCUT2D eigenvalue weighted by atomic mass is 10.2. The van der Waals surface area contributed by atoms with Crippen LogP contribution in [-0.4, -0.2) is 4.92 Å². The number of hydrogen-bond donors (Lipinski definition) is 0. The summed E-state index contributed by atoms with van der Waals surface area (Å²) in [5.74, 6) is -0.817. The first kappa shape index (κ1) is 10.2. The van der Waals surface area contributed by atoms with Gasteiger partial charge in [-0.15, -0.1) is 0 Å². The standard InChI is InChI=1S/C7H4Cl2FNO2/c8-5-2-1-4(3-11(12)13)6(9)7(5)10/h1-2H,3H2. The first-order chi connectivity index (χ1) is 6.02. The van der Waals surface area contributed by atoms with Gasteiger partial charge in [0.15, 0.2) is 5.82 Å². The van der Waals surface area contributed by atoms with Crippen LogP contribution >= 0.6 is 23.2 Å². The molecular formula is C7H4Cl2FNO2. The summed E-state index contributed by atoms with van der Waals surface area (Å²) in [6.07, 6.45) is 0. The fraction of sp³-hybridized carbons (Fsp3) is 0.143. The van der Waals surface area contributed by atoms with Crippen molar-refractivity contribution in [2.45, 2.75) is 6.54 Å². The van der Waals surface area contributed by atoms with Crippen LogP contribution in [0.4, 0.5) is 4.39 Å². The van der Waals surface area contributed by atoms with Gasteiger partial charge in [-0.05, 0) is 12.1 Å². The Hall–Kier alpha value is -0.870. The minimum absolute atomic E-state index is 0.119. The molecule has 0 unspecified atom stereocenters. The summed E-state index contributed by atoms with van der Waals surface area (Å²) in [6.45, 7) is -0.507. The summed E-state index contributed by atoms with van der Waals surface area (Å²) in [4.78, 5) is 9.52. The lowest BCUT2D eigenvalue weighted by Gasteiger charge is -2.01. The number of nitrogens with zero attached hydrogens (tertiary/aromatic N) is 1. The van der Waals surface area contributed by atoms with Crippen molar-refractivity contribution in [3.8, 4) is 0 Å². The van der Waals surface area contributed by atoms with Crippen LogP contribution in [0, 0.1) is 15.9 Å². The molecule has 70 valence electrons. The van der Waals surface area contributed by atoms with Crippen molar-refractivity contribution in [1.29, 1.82) is 0 Å². The molecule has 6 heteroatoms. The third-order valence-electron chi connectivity index (χ3n) is 1.41. The van der Waals surface area contributed by atoms with E-state index >= 15 is 0 Å². The average Bonchev–Trinajstić information content (AvgIpc) is 2.06. The highest BCUT2D eigenvalue weighted by Gasteiger charge is 2.13. The molecule has 0 saturated carbocycles. The second-order valence-electron chi connectivity index (χ2n) is 2.33. The molecule has 3 nitrogen and oxygen atoms in total. The normalized spacial score (nSPS) is 10.1. The van der Waals surface area contributed by atoms with Gasteiger partial charge in [0.1, 0.15) is 0 Å². The summed E-state index contributed by atoms with van der Waals surface area (Å²) in [6, 6.07) is 2.57. The zero-order valence-electron chi connectivity index (χ0n) is 6.26. The fourth-order valence-electron chi connectivity index (χ4n) is 0.827. The summed E-state index contributed by atoms with van der Waals surface area (Å²) >= 11 is 10.9. The van der Waals surface area contributed by atoms with Gasteiger partial charge in [0.2, 0.25) is 6.54 Å². The van der Waals surface area contributed by atoms with Gasteiger partial charge in [0.25, 0.3) is 0 Å². The maximum absolute atomic E-state index is 13.0. The Labute approximate surface area is 83.2 Å². The highest BCUT2D eigenvalue weighted by molar-refractivity contribution is 6.35. The molecule has 0 aliphatic heterocycles. The van der Waals surface area contributed by atoms with E-state index in [1.54, 1.807) is 0 Å². The first-order valence-electron chi connectivity index (χ1n) is 3.26. The van der Waals surface area contributed by atoms with Gasteiger partial charge in [-0.1, -0.05) is 23.2 Å². The molecule has 0 aliphatic carbocycles. The molecule has 0 N–H and O–H groups in total. The van der Waals surface area contributed by atoms with E-state index in [0.717, 1.165) is 0 Å².